The minimum absolute atomic E-state index is 0.167. The van der Waals surface area contributed by atoms with Gasteiger partial charge in [0, 0.05) is 18.0 Å². The molecule has 0 saturated heterocycles. The number of nitrogens with one attached hydrogen (secondary N) is 1. The Kier molecular flexibility index (Phi) is 3.90. The number of aromatic nitrogens is 2. The summed E-state index contributed by atoms with van der Waals surface area (Å²) < 4.78 is 39.5. The van der Waals surface area contributed by atoms with Gasteiger partial charge in [-0.1, -0.05) is 0 Å². The van der Waals surface area contributed by atoms with Gasteiger partial charge in [0.15, 0.2) is 6.10 Å². The molecule has 0 aliphatic heterocycles. The molecule has 1 atom stereocenters. The van der Waals surface area contributed by atoms with Crippen molar-refractivity contribution in [3.63, 3.8) is 0 Å². The topological polar surface area (TPSA) is 66.6 Å². The van der Waals surface area contributed by atoms with E-state index in [1.54, 1.807) is 23.7 Å². The van der Waals surface area contributed by atoms with E-state index >= 15 is 0 Å². The third-order valence-corrected chi connectivity index (χ3v) is 3.27. The fourth-order valence-electron chi connectivity index (χ4n) is 2.09. The molecule has 2 aromatic rings. The van der Waals surface area contributed by atoms with Gasteiger partial charge in [-0.25, -0.2) is 4.98 Å². The van der Waals surface area contributed by atoms with E-state index in [9.17, 15) is 23.1 Å². The minimum Gasteiger partial charge on any atom is -0.382 e. The third-order valence-electron chi connectivity index (χ3n) is 3.27. The number of aryl methyl sites for hydroxylation is 1. The predicted molar refractivity (Wildman–Crippen MR) is 73.5 cm³/mol. The van der Waals surface area contributed by atoms with Crippen LogP contribution in [-0.2, 0) is 0 Å². The van der Waals surface area contributed by atoms with Gasteiger partial charge >= 0.3 is 6.18 Å². The molecule has 5 nitrogen and oxygen atoms in total. The molecule has 120 valence electrons. The van der Waals surface area contributed by atoms with Crippen LogP contribution in [0.2, 0.25) is 0 Å². The predicted octanol–water partition coefficient (Wildman–Crippen LogP) is 2.07. The standard InChI is InChI=1S/C14H16F3N3O2/c1-8-7-20-5-4-9(6-10(20)18-8)11(21)19-13(2,3)12(22)14(15,16)17/h4-7,12,22H,1-3H3,(H,19,21)/t12-/m0/s1. The van der Waals surface area contributed by atoms with Crippen LogP contribution in [0.5, 0.6) is 0 Å². The van der Waals surface area contributed by atoms with Crippen molar-refractivity contribution in [1.29, 1.82) is 0 Å². The van der Waals surface area contributed by atoms with E-state index in [1.165, 1.54) is 12.1 Å². The molecule has 1 amide bonds. The van der Waals surface area contributed by atoms with E-state index < -0.39 is 23.7 Å². The summed E-state index contributed by atoms with van der Waals surface area (Å²) in [6, 6.07) is 2.94. The Morgan fingerprint density at radius 1 is 1.41 bits per heavy atom. The van der Waals surface area contributed by atoms with Crippen LogP contribution >= 0.6 is 0 Å². The maximum Gasteiger partial charge on any atom is 0.416 e. The van der Waals surface area contributed by atoms with Crippen LogP contribution in [0.15, 0.2) is 24.5 Å². The molecular weight excluding hydrogens is 299 g/mol. The fourth-order valence-corrected chi connectivity index (χ4v) is 2.09. The normalized spacial score (nSPS) is 14.1. The summed E-state index contributed by atoms with van der Waals surface area (Å²) in [6.45, 7) is 4.01. The second kappa shape index (κ2) is 5.28. The lowest BCUT2D eigenvalue weighted by molar-refractivity contribution is -0.222. The highest BCUT2D eigenvalue weighted by atomic mass is 19.4. The molecule has 8 heteroatoms. The summed E-state index contributed by atoms with van der Waals surface area (Å²) in [4.78, 5) is 16.3. The van der Waals surface area contributed by atoms with E-state index in [0.717, 1.165) is 19.5 Å². The Balaban J connectivity index is 2.23. The van der Waals surface area contributed by atoms with E-state index in [-0.39, 0.29) is 5.56 Å². The second-order valence-electron chi connectivity index (χ2n) is 5.68. The molecule has 0 fully saturated rings. The molecule has 22 heavy (non-hydrogen) atoms. The van der Waals surface area contributed by atoms with E-state index in [0.29, 0.717) is 5.65 Å². The van der Waals surface area contributed by atoms with Crippen molar-refractivity contribution in [2.24, 2.45) is 0 Å². The molecular formula is C14H16F3N3O2. The van der Waals surface area contributed by atoms with Crippen molar-refractivity contribution in [2.75, 3.05) is 0 Å². The number of pyridine rings is 1. The van der Waals surface area contributed by atoms with Crippen molar-refractivity contribution in [3.8, 4) is 0 Å². The molecule has 2 heterocycles. The zero-order valence-electron chi connectivity index (χ0n) is 12.3. The van der Waals surface area contributed by atoms with Crippen molar-refractivity contribution >= 4 is 11.6 Å². The summed E-state index contributed by atoms with van der Waals surface area (Å²) >= 11 is 0. The molecule has 0 radical (unpaired) electrons. The van der Waals surface area contributed by atoms with Gasteiger partial charge in [-0.15, -0.1) is 0 Å². The summed E-state index contributed by atoms with van der Waals surface area (Å²) in [5, 5.41) is 11.5. The first kappa shape index (κ1) is 16.3. The highest BCUT2D eigenvalue weighted by Gasteiger charge is 2.48. The maximum absolute atomic E-state index is 12.6. The van der Waals surface area contributed by atoms with Gasteiger partial charge in [-0.3, -0.25) is 4.79 Å². The van der Waals surface area contributed by atoms with E-state index in [1.807, 2.05) is 0 Å². The zero-order chi connectivity index (χ0) is 16.7. The Morgan fingerprint density at radius 3 is 2.64 bits per heavy atom. The molecule has 0 aliphatic carbocycles. The lowest BCUT2D eigenvalue weighted by Gasteiger charge is -2.32. The van der Waals surface area contributed by atoms with Gasteiger partial charge in [-0.05, 0) is 32.9 Å². The van der Waals surface area contributed by atoms with Gasteiger partial charge in [0.25, 0.3) is 5.91 Å². The number of imidazole rings is 1. The van der Waals surface area contributed by atoms with Crippen molar-refractivity contribution in [3.05, 3.63) is 35.8 Å². The Morgan fingerprint density at radius 2 is 2.05 bits per heavy atom. The molecule has 0 saturated carbocycles. The van der Waals surface area contributed by atoms with Crippen LogP contribution in [0.1, 0.15) is 29.9 Å². The van der Waals surface area contributed by atoms with E-state index in [4.69, 9.17) is 0 Å². The van der Waals surface area contributed by atoms with E-state index in [2.05, 4.69) is 10.3 Å². The van der Waals surface area contributed by atoms with Crippen LogP contribution in [0, 0.1) is 6.92 Å². The summed E-state index contributed by atoms with van der Waals surface area (Å²) in [6.07, 6.45) is -4.13. The molecule has 0 unspecified atom stereocenters. The Bertz CT molecular complexity index is 707. The molecule has 0 spiro atoms. The summed E-state index contributed by atoms with van der Waals surface area (Å²) in [7, 11) is 0. The second-order valence-corrected chi connectivity index (χ2v) is 5.68. The van der Waals surface area contributed by atoms with Crippen molar-refractivity contribution in [1.82, 2.24) is 14.7 Å². The quantitative estimate of drug-likeness (QED) is 0.911. The van der Waals surface area contributed by atoms with Gasteiger partial charge in [0.2, 0.25) is 0 Å². The molecule has 0 aliphatic rings. The van der Waals surface area contributed by atoms with Crippen LogP contribution in [-0.4, -0.2) is 38.2 Å². The number of nitrogens with zero attached hydrogens (tertiary/aromatic N) is 2. The average Bonchev–Trinajstić information content (AvgIpc) is 2.75. The summed E-state index contributed by atoms with van der Waals surface area (Å²) in [5.41, 5.74) is -0.419. The lowest BCUT2D eigenvalue weighted by Crippen LogP contribution is -2.57. The number of rotatable bonds is 3. The number of aliphatic hydroxyl groups is 1. The number of amides is 1. The molecule has 2 aromatic heterocycles. The third kappa shape index (κ3) is 3.22. The van der Waals surface area contributed by atoms with Gasteiger partial charge in [0.1, 0.15) is 5.65 Å². The smallest absolute Gasteiger partial charge is 0.382 e. The first-order chi connectivity index (χ1) is 10.0. The number of carbonyl (C=O) groups excluding carboxylic acids is 1. The van der Waals surface area contributed by atoms with Crippen LogP contribution < -0.4 is 5.32 Å². The van der Waals surface area contributed by atoms with Gasteiger partial charge in [-0.2, -0.15) is 13.2 Å². The number of halogens is 3. The lowest BCUT2D eigenvalue weighted by atomic mass is 9.96. The minimum atomic E-state index is -4.82. The number of fused-ring (bicyclic) bond motifs is 1. The number of hydrogen-bond acceptors (Lipinski definition) is 3. The van der Waals surface area contributed by atoms with Gasteiger partial charge < -0.3 is 14.8 Å². The van der Waals surface area contributed by atoms with Crippen molar-refractivity contribution < 1.29 is 23.1 Å². The molecule has 0 aromatic carbocycles. The molecule has 2 rings (SSSR count). The number of hydrogen-bond donors (Lipinski definition) is 2. The first-order valence-electron chi connectivity index (χ1n) is 6.53. The SMILES string of the molecule is Cc1cn2ccc(C(=O)NC(C)(C)[C@H](O)C(F)(F)F)cc2n1. The number of alkyl halides is 3. The first-order valence-corrected chi connectivity index (χ1v) is 6.53. The average molecular weight is 315 g/mol. The number of carbonyl (C=O) groups is 1. The van der Waals surface area contributed by atoms with Crippen molar-refractivity contribution in [2.45, 2.75) is 38.6 Å². The zero-order valence-corrected chi connectivity index (χ0v) is 12.3. The largest absolute Gasteiger partial charge is 0.416 e. The number of aliphatic hydroxyl groups excluding tert-OH is 1. The van der Waals surface area contributed by atoms with Crippen LogP contribution in [0.3, 0.4) is 0 Å². The Hall–Kier alpha value is -2.09. The monoisotopic (exact) mass is 315 g/mol. The molecule has 0 bridgehead atoms. The Labute approximate surface area is 124 Å². The van der Waals surface area contributed by atoms with Gasteiger partial charge in [0.05, 0.1) is 11.2 Å². The van der Waals surface area contributed by atoms with Crippen LogP contribution in [0.4, 0.5) is 13.2 Å². The van der Waals surface area contributed by atoms with Crippen LogP contribution in [0.25, 0.3) is 5.65 Å². The highest BCUT2D eigenvalue weighted by molar-refractivity contribution is 5.95. The molecule has 2 N–H and O–H groups in total. The maximum atomic E-state index is 12.6. The summed E-state index contributed by atoms with van der Waals surface area (Å²) in [5.74, 6) is -0.712. The fraction of sp³-hybridized carbons (Fsp3) is 0.429. The highest BCUT2D eigenvalue weighted by Crippen LogP contribution is 2.28.